The Kier molecular flexibility index (Phi) is 6.42. The van der Waals surface area contributed by atoms with Gasteiger partial charge in [-0.3, -0.25) is 0 Å². The Morgan fingerprint density at radius 2 is 0.800 bits per heavy atom. The summed E-state index contributed by atoms with van der Waals surface area (Å²) in [5.41, 5.74) is 9.52. The number of hydrogen-bond acceptors (Lipinski definition) is 3. The van der Waals surface area contributed by atoms with Crippen molar-refractivity contribution in [3.63, 3.8) is 0 Å². The highest BCUT2D eigenvalue weighted by Crippen LogP contribution is 2.38. The Morgan fingerprint density at radius 1 is 0.320 bits per heavy atom. The van der Waals surface area contributed by atoms with E-state index in [1.807, 2.05) is 18.2 Å². The first kappa shape index (κ1) is 28.2. The number of benzene rings is 7. The lowest BCUT2D eigenvalue weighted by Gasteiger charge is -2.14. The summed E-state index contributed by atoms with van der Waals surface area (Å²) in [6.45, 7) is 0. The topological polar surface area (TPSA) is 48.5 Å². The van der Waals surface area contributed by atoms with Gasteiger partial charge in [0.15, 0.2) is 17.5 Å². The van der Waals surface area contributed by atoms with Gasteiger partial charge in [0.1, 0.15) is 0 Å². The molecule has 10 rings (SSSR count). The normalized spacial score (nSPS) is 11.6. The molecule has 7 aromatic carbocycles. The van der Waals surface area contributed by atoms with E-state index >= 15 is 0 Å². The van der Waals surface area contributed by atoms with Crippen LogP contribution in [0.4, 0.5) is 0 Å². The van der Waals surface area contributed by atoms with Crippen LogP contribution in [0.1, 0.15) is 0 Å². The van der Waals surface area contributed by atoms with Crippen LogP contribution in [0.15, 0.2) is 176 Å². The second kappa shape index (κ2) is 11.4. The van der Waals surface area contributed by atoms with Gasteiger partial charge in [0.2, 0.25) is 0 Å². The van der Waals surface area contributed by atoms with Crippen molar-refractivity contribution in [2.24, 2.45) is 0 Å². The average Bonchev–Trinajstić information content (AvgIpc) is 3.71. The molecule has 3 heterocycles. The molecule has 0 aliphatic carbocycles. The van der Waals surface area contributed by atoms with Gasteiger partial charge >= 0.3 is 0 Å². The molecule has 0 aliphatic rings. The highest BCUT2D eigenvalue weighted by Gasteiger charge is 2.20. The van der Waals surface area contributed by atoms with Crippen molar-refractivity contribution in [3.8, 4) is 45.5 Å². The minimum absolute atomic E-state index is 0.623. The molecule has 0 amide bonds. The van der Waals surface area contributed by atoms with Crippen molar-refractivity contribution in [1.82, 2.24) is 24.1 Å². The van der Waals surface area contributed by atoms with Crippen LogP contribution in [0.5, 0.6) is 0 Å². The molecule has 0 saturated carbocycles. The van der Waals surface area contributed by atoms with Gasteiger partial charge in [-0.2, -0.15) is 0 Å². The van der Waals surface area contributed by atoms with Crippen molar-refractivity contribution in [1.29, 1.82) is 0 Å². The van der Waals surface area contributed by atoms with Gasteiger partial charge in [-0.1, -0.05) is 115 Å². The van der Waals surface area contributed by atoms with Crippen molar-refractivity contribution in [2.45, 2.75) is 0 Å². The number of aromatic nitrogens is 5. The summed E-state index contributed by atoms with van der Waals surface area (Å²) in [7, 11) is 0. The van der Waals surface area contributed by atoms with Crippen LogP contribution in [-0.4, -0.2) is 24.1 Å². The Morgan fingerprint density at radius 3 is 1.48 bits per heavy atom. The van der Waals surface area contributed by atoms with E-state index < -0.39 is 0 Å². The van der Waals surface area contributed by atoms with E-state index in [9.17, 15) is 0 Å². The van der Waals surface area contributed by atoms with Gasteiger partial charge in [-0.15, -0.1) is 0 Å². The number of hydrogen-bond donors (Lipinski definition) is 0. The Hall–Kier alpha value is -6.85. The summed E-state index contributed by atoms with van der Waals surface area (Å²) in [5, 5.41) is 4.75. The molecule has 5 nitrogen and oxygen atoms in total. The van der Waals surface area contributed by atoms with Crippen LogP contribution < -0.4 is 0 Å². The van der Waals surface area contributed by atoms with Crippen molar-refractivity contribution in [2.75, 3.05) is 0 Å². The number of rotatable bonds is 5. The van der Waals surface area contributed by atoms with E-state index in [1.165, 1.54) is 16.2 Å². The van der Waals surface area contributed by atoms with E-state index in [4.69, 9.17) is 15.0 Å². The minimum Gasteiger partial charge on any atom is -0.309 e. The minimum atomic E-state index is 0.623. The van der Waals surface area contributed by atoms with Gasteiger partial charge in [0.25, 0.3) is 0 Å². The van der Waals surface area contributed by atoms with Crippen LogP contribution >= 0.6 is 0 Å². The second-order valence-electron chi connectivity index (χ2n) is 12.5. The SMILES string of the molecule is c1ccc(-c2nc(-c3ccc4c(c3)c3ccccc3n4-c3ccccc3)nc(-c3ccccc3-n3c4ccccc4c4ccccc43)n2)cc1. The van der Waals surface area contributed by atoms with Crippen LogP contribution in [0.3, 0.4) is 0 Å². The highest BCUT2D eigenvalue weighted by molar-refractivity contribution is 6.11. The van der Waals surface area contributed by atoms with Gasteiger partial charge in [0, 0.05) is 43.9 Å². The average molecular weight is 640 g/mol. The predicted octanol–water partition coefficient (Wildman–Crippen LogP) is 11.1. The Balaban J connectivity index is 1.22. The maximum Gasteiger partial charge on any atom is 0.166 e. The summed E-state index contributed by atoms with van der Waals surface area (Å²) in [6.07, 6.45) is 0. The van der Waals surface area contributed by atoms with E-state index in [2.05, 4.69) is 167 Å². The molecule has 3 aromatic heterocycles. The molecule has 0 bridgehead atoms. The van der Waals surface area contributed by atoms with Crippen LogP contribution in [0.25, 0.3) is 89.2 Å². The molecule has 0 N–H and O–H groups in total. The quantitative estimate of drug-likeness (QED) is 0.188. The third-order valence-electron chi connectivity index (χ3n) is 9.58. The zero-order valence-electron chi connectivity index (χ0n) is 27.0. The largest absolute Gasteiger partial charge is 0.309 e. The van der Waals surface area contributed by atoms with Gasteiger partial charge in [-0.05, 0) is 60.7 Å². The molecular weight excluding hydrogens is 611 g/mol. The fourth-order valence-corrected chi connectivity index (χ4v) is 7.35. The molecule has 0 unspecified atom stereocenters. The van der Waals surface area contributed by atoms with Crippen molar-refractivity contribution in [3.05, 3.63) is 176 Å². The summed E-state index contributed by atoms with van der Waals surface area (Å²) in [5.74, 6) is 1.89. The monoisotopic (exact) mass is 639 g/mol. The van der Waals surface area contributed by atoms with E-state index in [1.54, 1.807) is 0 Å². The van der Waals surface area contributed by atoms with E-state index in [0.717, 1.165) is 55.5 Å². The lowest BCUT2D eigenvalue weighted by molar-refractivity contribution is 1.06. The second-order valence-corrected chi connectivity index (χ2v) is 12.5. The lowest BCUT2D eigenvalue weighted by atomic mass is 10.1. The maximum atomic E-state index is 5.24. The van der Waals surface area contributed by atoms with E-state index in [0.29, 0.717) is 17.5 Å². The first-order valence-electron chi connectivity index (χ1n) is 16.8. The lowest BCUT2D eigenvalue weighted by Crippen LogP contribution is -2.03. The number of nitrogens with zero attached hydrogens (tertiary/aromatic N) is 5. The molecule has 234 valence electrons. The highest BCUT2D eigenvalue weighted by atomic mass is 15.1. The fraction of sp³-hybridized carbons (Fsp3) is 0. The van der Waals surface area contributed by atoms with Crippen LogP contribution in [0, 0.1) is 0 Å². The van der Waals surface area contributed by atoms with E-state index in [-0.39, 0.29) is 0 Å². The summed E-state index contributed by atoms with van der Waals surface area (Å²) < 4.78 is 4.65. The van der Waals surface area contributed by atoms with Crippen LogP contribution in [-0.2, 0) is 0 Å². The molecule has 0 spiro atoms. The Bertz CT molecular complexity index is 2810. The third kappa shape index (κ3) is 4.45. The molecule has 0 aliphatic heterocycles. The molecule has 0 fully saturated rings. The molecular formula is C45H29N5. The van der Waals surface area contributed by atoms with Gasteiger partial charge in [0.05, 0.1) is 27.8 Å². The maximum absolute atomic E-state index is 5.24. The van der Waals surface area contributed by atoms with Crippen molar-refractivity contribution >= 4 is 43.6 Å². The summed E-state index contributed by atoms with van der Waals surface area (Å²) in [6, 6.07) is 61.4. The Labute approximate surface area is 288 Å². The first-order valence-corrected chi connectivity index (χ1v) is 16.8. The molecule has 50 heavy (non-hydrogen) atoms. The number of para-hydroxylation sites is 5. The summed E-state index contributed by atoms with van der Waals surface area (Å²) >= 11 is 0. The smallest absolute Gasteiger partial charge is 0.166 e. The standard InChI is InChI=1S/C45H29N5/c1-3-15-30(16-4-1)43-46-44(31-27-28-42-37(29-31)35-21-9-11-23-38(35)49(42)32-17-5-2-6-18-32)48-45(47-43)36-22-10-14-26-41(36)50-39-24-12-7-19-33(39)34-20-8-13-25-40(34)50/h1-29H. The fourth-order valence-electron chi connectivity index (χ4n) is 7.35. The molecule has 5 heteroatoms. The predicted molar refractivity (Wildman–Crippen MR) is 205 cm³/mol. The number of fused-ring (bicyclic) bond motifs is 6. The molecule has 10 aromatic rings. The molecule has 0 saturated heterocycles. The molecule has 0 radical (unpaired) electrons. The zero-order valence-corrected chi connectivity index (χ0v) is 27.0. The van der Waals surface area contributed by atoms with Crippen LogP contribution in [0.2, 0.25) is 0 Å². The van der Waals surface area contributed by atoms with Gasteiger partial charge < -0.3 is 9.13 Å². The third-order valence-corrected chi connectivity index (χ3v) is 9.58. The molecule has 0 atom stereocenters. The first-order chi connectivity index (χ1) is 24.8. The zero-order chi connectivity index (χ0) is 33.0. The summed E-state index contributed by atoms with van der Waals surface area (Å²) in [4.78, 5) is 15.5. The van der Waals surface area contributed by atoms with Gasteiger partial charge in [-0.25, -0.2) is 15.0 Å². The van der Waals surface area contributed by atoms with Crippen molar-refractivity contribution < 1.29 is 0 Å².